The molecule has 15 nitrogen and oxygen atoms in total. The van der Waals surface area contributed by atoms with Crippen molar-refractivity contribution in [3.05, 3.63) is 168 Å². The van der Waals surface area contributed by atoms with Crippen LogP contribution >= 0.6 is 11.6 Å². The average molecular weight is 902 g/mol. The van der Waals surface area contributed by atoms with Crippen molar-refractivity contribution in [2.75, 3.05) is 43.7 Å². The van der Waals surface area contributed by atoms with E-state index in [0.29, 0.717) is 27.6 Å². The number of oxazole rings is 1. The Bertz CT molecular complexity index is 2520. The summed E-state index contributed by atoms with van der Waals surface area (Å²) < 4.78 is 16.2. The predicted octanol–water partition coefficient (Wildman–Crippen LogP) is 11.2. The number of halogens is 1. The van der Waals surface area contributed by atoms with Crippen molar-refractivity contribution in [3.8, 4) is 17.6 Å². The lowest BCUT2D eigenvalue weighted by Crippen LogP contribution is -2.32. The van der Waals surface area contributed by atoms with Gasteiger partial charge in [0.05, 0.1) is 11.4 Å². The van der Waals surface area contributed by atoms with Crippen molar-refractivity contribution < 1.29 is 38.2 Å². The summed E-state index contributed by atoms with van der Waals surface area (Å²) in [4.78, 5) is 53.5. The van der Waals surface area contributed by atoms with Crippen LogP contribution in [0.3, 0.4) is 0 Å². The van der Waals surface area contributed by atoms with Crippen molar-refractivity contribution >= 4 is 69.5 Å². The summed E-state index contributed by atoms with van der Waals surface area (Å²) in [6, 6.07) is 45.0. The Morgan fingerprint density at radius 2 is 1.11 bits per heavy atom. The zero-order chi connectivity index (χ0) is 47.5. The summed E-state index contributed by atoms with van der Waals surface area (Å²) >= 11 is 5.88. The fourth-order valence-corrected chi connectivity index (χ4v) is 5.53. The van der Waals surface area contributed by atoms with Crippen LogP contribution in [0.4, 0.5) is 37.1 Å². The standard InChI is InChI=1S/C16H12ClNO5.C15H16N2O.2C9H12N2O/c1-9(15(19)20)21-11-3-5-12(6-4-11)22-16-18-13-7-2-10(17)8-14(13)23-16;1-11-7-3-5-9-13(11)17(15(16)18)14-10-6-4-8-12(14)2;2*1-11(2)9(12)10-8-6-4-3-5-7-8/h2-9H,1H3,(H,19,20);3-10H,1-2H3,(H2,16,18);2*3-7H,1-2H3,(H,10,12). The molecule has 0 aliphatic carbocycles. The molecule has 6 amide bonds. The van der Waals surface area contributed by atoms with E-state index in [2.05, 4.69) is 15.6 Å². The van der Waals surface area contributed by atoms with Gasteiger partial charge in [0, 0.05) is 50.7 Å². The van der Waals surface area contributed by atoms with Crippen molar-refractivity contribution in [2.24, 2.45) is 5.73 Å². The number of primary amides is 1. The molecule has 0 aliphatic heterocycles. The summed E-state index contributed by atoms with van der Waals surface area (Å²) in [6.45, 7) is 5.38. The molecule has 0 fully saturated rings. The Morgan fingerprint density at radius 1 is 0.662 bits per heavy atom. The van der Waals surface area contributed by atoms with Crippen LogP contribution in [-0.2, 0) is 4.79 Å². The maximum Gasteiger partial charge on any atom is 0.400 e. The quantitative estimate of drug-likeness (QED) is 0.109. The number of amides is 6. The lowest BCUT2D eigenvalue weighted by Gasteiger charge is -2.24. The van der Waals surface area contributed by atoms with Crippen LogP contribution in [0.25, 0.3) is 11.1 Å². The maximum absolute atomic E-state index is 11.8. The smallest absolute Gasteiger partial charge is 0.400 e. The number of rotatable bonds is 9. The molecule has 0 bridgehead atoms. The zero-order valence-electron chi connectivity index (χ0n) is 37.1. The second-order valence-corrected chi connectivity index (χ2v) is 14.8. The highest BCUT2D eigenvalue weighted by Gasteiger charge is 2.18. The van der Waals surface area contributed by atoms with E-state index in [1.54, 1.807) is 75.6 Å². The molecule has 7 aromatic rings. The number of para-hydroxylation sites is 4. The van der Waals surface area contributed by atoms with E-state index in [0.717, 1.165) is 33.9 Å². The summed E-state index contributed by atoms with van der Waals surface area (Å²) in [7, 11) is 6.83. The van der Waals surface area contributed by atoms with Gasteiger partial charge in [-0.1, -0.05) is 84.4 Å². The summed E-state index contributed by atoms with van der Waals surface area (Å²) in [5, 5.41) is 14.8. The first-order chi connectivity index (χ1) is 31.0. The van der Waals surface area contributed by atoms with Gasteiger partial charge in [-0.05, 0) is 105 Å². The Morgan fingerprint density at radius 3 is 1.54 bits per heavy atom. The molecule has 338 valence electrons. The predicted molar refractivity (Wildman–Crippen MR) is 256 cm³/mol. The number of fused-ring (bicyclic) bond motifs is 1. The topological polar surface area (TPSA) is 193 Å². The summed E-state index contributed by atoms with van der Waals surface area (Å²) in [5.74, 6) is -0.120. The average Bonchev–Trinajstić information content (AvgIpc) is 3.68. The molecule has 6 aromatic carbocycles. The van der Waals surface area contributed by atoms with Crippen molar-refractivity contribution in [2.45, 2.75) is 26.9 Å². The van der Waals surface area contributed by atoms with Crippen LogP contribution in [0, 0.1) is 13.8 Å². The van der Waals surface area contributed by atoms with E-state index in [-0.39, 0.29) is 18.1 Å². The second-order valence-electron chi connectivity index (χ2n) is 14.4. The highest BCUT2D eigenvalue weighted by Crippen LogP contribution is 2.31. The minimum Gasteiger partial charge on any atom is -0.479 e. The number of hydrogen-bond donors (Lipinski definition) is 4. The van der Waals surface area contributed by atoms with Crippen LogP contribution in [-0.4, -0.2) is 78.2 Å². The van der Waals surface area contributed by atoms with Gasteiger partial charge in [0.25, 0.3) is 0 Å². The third-order valence-electron chi connectivity index (χ3n) is 8.82. The van der Waals surface area contributed by atoms with Gasteiger partial charge in [-0.3, -0.25) is 4.90 Å². The van der Waals surface area contributed by atoms with Gasteiger partial charge >= 0.3 is 30.1 Å². The fraction of sp³-hybridized carbons (Fsp3) is 0.163. The first kappa shape index (κ1) is 49.6. The maximum atomic E-state index is 11.8. The van der Waals surface area contributed by atoms with Crippen molar-refractivity contribution in [1.82, 2.24) is 14.8 Å². The molecular weight excluding hydrogens is 850 g/mol. The number of anilines is 4. The van der Waals surface area contributed by atoms with Crippen LogP contribution in [0.2, 0.25) is 5.02 Å². The third kappa shape index (κ3) is 16.0. The molecule has 5 N–H and O–H groups in total. The number of ether oxygens (including phenoxy) is 2. The Hall–Kier alpha value is -8.04. The number of aromatic nitrogens is 1. The number of nitrogens with zero attached hydrogens (tertiary/aromatic N) is 4. The molecular formula is C49H52ClN7O8. The molecule has 1 aromatic heterocycles. The van der Waals surface area contributed by atoms with Crippen molar-refractivity contribution in [3.63, 3.8) is 0 Å². The monoisotopic (exact) mass is 901 g/mol. The van der Waals surface area contributed by atoms with E-state index in [1.165, 1.54) is 16.7 Å². The van der Waals surface area contributed by atoms with Gasteiger partial charge in [-0.2, -0.15) is 4.98 Å². The Labute approximate surface area is 382 Å². The Balaban J connectivity index is 0.000000198. The normalized spacial score (nSPS) is 10.5. The van der Waals surface area contributed by atoms with Gasteiger partial charge in [-0.15, -0.1) is 0 Å². The van der Waals surface area contributed by atoms with Gasteiger partial charge in [0.1, 0.15) is 17.0 Å². The van der Waals surface area contributed by atoms with E-state index in [4.69, 9.17) is 36.3 Å². The van der Waals surface area contributed by atoms with Crippen LogP contribution in [0.1, 0.15) is 18.1 Å². The minimum atomic E-state index is -1.03. The van der Waals surface area contributed by atoms with Gasteiger partial charge in [0.2, 0.25) is 0 Å². The number of carboxylic acids is 1. The van der Waals surface area contributed by atoms with Gasteiger partial charge < -0.3 is 45.2 Å². The Kier molecular flexibility index (Phi) is 18.7. The second kappa shape index (κ2) is 24.6. The first-order valence-corrected chi connectivity index (χ1v) is 20.4. The number of nitrogens with one attached hydrogen (secondary N) is 2. The van der Waals surface area contributed by atoms with Crippen molar-refractivity contribution in [1.29, 1.82) is 0 Å². The van der Waals surface area contributed by atoms with E-state index >= 15 is 0 Å². The van der Waals surface area contributed by atoms with Crippen LogP contribution < -0.4 is 30.7 Å². The zero-order valence-corrected chi connectivity index (χ0v) is 37.8. The lowest BCUT2D eigenvalue weighted by atomic mass is 10.1. The lowest BCUT2D eigenvalue weighted by molar-refractivity contribution is -0.144. The highest BCUT2D eigenvalue weighted by molar-refractivity contribution is 6.31. The minimum absolute atomic E-state index is 0.0924. The molecule has 0 saturated carbocycles. The first-order valence-electron chi connectivity index (χ1n) is 20.0. The third-order valence-corrected chi connectivity index (χ3v) is 9.05. The highest BCUT2D eigenvalue weighted by atomic mass is 35.5. The molecule has 16 heteroatoms. The summed E-state index contributed by atoms with van der Waals surface area (Å²) in [6.07, 6.45) is -0.835. The van der Waals surface area contributed by atoms with Crippen LogP contribution in [0.5, 0.6) is 17.6 Å². The molecule has 1 heterocycles. The number of carbonyl (C=O) groups is 4. The number of urea groups is 3. The molecule has 0 radical (unpaired) electrons. The molecule has 0 aliphatic rings. The number of benzene rings is 6. The summed E-state index contributed by atoms with van der Waals surface area (Å²) in [5.41, 5.74) is 12.0. The van der Waals surface area contributed by atoms with Crippen LogP contribution in [0.15, 0.2) is 156 Å². The number of nitrogens with two attached hydrogens (primary N) is 1. The number of hydrogen-bond acceptors (Lipinski definition) is 8. The van der Waals surface area contributed by atoms with Gasteiger partial charge in [-0.25, -0.2) is 19.2 Å². The molecule has 7 rings (SSSR count). The largest absolute Gasteiger partial charge is 0.479 e. The molecule has 0 saturated heterocycles. The molecule has 1 unspecified atom stereocenters. The molecule has 0 spiro atoms. The SMILES string of the molecule is CC(Oc1ccc(Oc2nc3ccc(Cl)cc3o2)cc1)C(=O)O.CN(C)C(=O)Nc1ccccc1.CN(C)C(=O)Nc1ccccc1.Cc1ccccc1N(C(N)=O)c1ccccc1C. The van der Waals surface area contributed by atoms with E-state index in [1.807, 2.05) is 123 Å². The number of aryl methyl sites for hydroxylation is 2. The number of carbonyl (C=O) groups excluding carboxylic acids is 3. The van der Waals surface area contributed by atoms with E-state index in [9.17, 15) is 19.2 Å². The van der Waals surface area contributed by atoms with Gasteiger partial charge in [0.15, 0.2) is 11.7 Å². The number of carboxylic acid groups (broad SMARTS) is 1. The molecule has 65 heavy (non-hydrogen) atoms. The fourth-order valence-electron chi connectivity index (χ4n) is 5.37. The number of aliphatic carboxylic acids is 1. The molecule has 1 atom stereocenters. The van der Waals surface area contributed by atoms with E-state index < -0.39 is 18.1 Å².